The average Bonchev–Trinajstić information content (AvgIpc) is 3.04. The van der Waals surface area contributed by atoms with E-state index in [4.69, 9.17) is 27.6 Å². The second-order valence-corrected chi connectivity index (χ2v) is 6.55. The number of halogens is 2. The first-order chi connectivity index (χ1) is 11.5. The van der Waals surface area contributed by atoms with Crippen LogP contribution in [-0.2, 0) is 6.54 Å². The molecule has 24 heavy (non-hydrogen) atoms. The molecule has 1 aromatic heterocycles. The van der Waals surface area contributed by atoms with Gasteiger partial charge in [-0.1, -0.05) is 41.4 Å². The van der Waals surface area contributed by atoms with E-state index in [0.29, 0.717) is 16.8 Å². The number of hydrogen-bond acceptors (Lipinski definition) is 4. The molecule has 0 aliphatic carbocycles. The number of aromatic nitrogens is 2. The lowest BCUT2D eigenvalue weighted by molar-refractivity contribution is 0.218. The van der Waals surface area contributed by atoms with Crippen LogP contribution in [-0.4, -0.2) is 22.1 Å². The summed E-state index contributed by atoms with van der Waals surface area (Å²) in [6, 6.07) is 15.1. The van der Waals surface area contributed by atoms with Crippen LogP contribution in [0.5, 0.6) is 0 Å². The topological polar surface area (TPSA) is 42.2 Å². The Hall–Kier alpha value is -1.88. The Morgan fingerprint density at radius 1 is 1.04 bits per heavy atom. The molecule has 2 aromatic carbocycles. The van der Waals surface area contributed by atoms with Crippen molar-refractivity contribution in [2.45, 2.75) is 19.5 Å². The molecule has 3 rings (SSSR count). The van der Waals surface area contributed by atoms with E-state index in [1.54, 1.807) is 6.07 Å². The second kappa shape index (κ2) is 7.34. The number of nitrogens with zero attached hydrogens (tertiary/aromatic N) is 3. The quantitative estimate of drug-likeness (QED) is 0.623. The molecular formula is C18H17Cl2N3O. The molecule has 0 amide bonds. The first-order valence-electron chi connectivity index (χ1n) is 7.57. The van der Waals surface area contributed by atoms with Gasteiger partial charge in [-0.3, -0.25) is 4.90 Å². The molecule has 0 saturated heterocycles. The summed E-state index contributed by atoms with van der Waals surface area (Å²) in [5.74, 6) is 1.03. The predicted molar refractivity (Wildman–Crippen MR) is 96.1 cm³/mol. The molecule has 1 unspecified atom stereocenters. The Labute approximate surface area is 151 Å². The van der Waals surface area contributed by atoms with Crippen LogP contribution in [0.3, 0.4) is 0 Å². The summed E-state index contributed by atoms with van der Waals surface area (Å²) in [7, 11) is 2.01. The molecule has 0 N–H and O–H groups in total. The molecule has 0 aliphatic rings. The molecule has 3 aromatic rings. The molecule has 0 radical (unpaired) electrons. The van der Waals surface area contributed by atoms with Crippen molar-refractivity contribution in [2.75, 3.05) is 7.05 Å². The van der Waals surface area contributed by atoms with Crippen molar-refractivity contribution >= 4 is 23.2 Å². The molecule has 124 valence electrons. The summed E-state index contributed by atoms with van der Waals surface area (Å²) in [6.45, 7) is 2.76. The normalized spacial score (nSPS) is 12.5. The molecule has 1 heterocycles. The van der Waals surface area contributed by atoms with Gasteiger partial charge in [-0.2, -0.15) is 0 Å². The van der Waals surface area contributed by atoms with Crippen LogP contribution in [0.4, 0.5) is 0 Å². The third-order valence-corrected chi connectivity index (χ3v) is 4.32. The molecule has 0 fully saturated rings. The monoisotopic (exact) mass is 361 g/mol. The fourth-order valence-electron chi connectivity index (χ4n) is 2.39. The molecule has 1 atom stereocenters. The van der Waals surface area contributed by atoms with E-state index < -0.39 is 0 Å². The lowest BCUT2D eigenvalue weighted by Crippen LogP contribution is -2.22. The fraction of sp³-hybridized carbons (Fsp3) is 0.222. The predicted octanol–water partition coefficient (Wildman–Crippen LogP) is 5.24. The van der Waals surface area contributed by atoms with E-state index in [1.165, 1.54) is 0 Å². The number of rotatable bonds is 5. The van der Waals surface area contributed by atoms with E-state index >= 15 is 0 Å². The molecular weight excluding hydrogens is 345 g/mol. The van der Waals surface area contributed by atoms with Crippen LogP contribution >= 0.6 is 23.2 Å². The summed E-state index contributed by atoms with van der Waals surface area (Å²) in [5, 5.41) is 9.67. The van der Waals surface area contributed by atoms with Crippen LogP contribution in [0, 0.1) is 0 Å². The summed E-state index contributed by atoms with van der Waals surface area (Å²) in [4.78, 5) is 2.13. The maximum absolute atomic E-state index is 6.04. The van der Waals surface area contributed by atoms with Crippen molar-refractivity contribution in [3.63, 3.8) is 0 Å². The van der Waals surface area contributed by atoms with Crippen molar-refractivity contribution in [1.82, 2.24) is 15.1 Å². The zero-order chi connectivity index (χ0) is 17.1. The molecule has 6 heteroatoms. The van der Waals surface area contributed by atoms with Crippen LogP contribution in [0.25, 0.3) is 11.5 Å². The van der Waals surface area contributed by atoms with Gasteiger partial charge in [0.1, 0.15) is 0 Å². The lowest BCUT2D eigenvalue weighted by Gasteiger charge is -2.21. The summed E-state index contributed by atoms with van der Waals surface area (Å²) < 4.78 is 5.82. The Balaban J connectivity index is 1.74. The molecule has 0 saturated carbocycles. The van der Waals surface area contributed by atoms with Crippen LogP contribution in [0.1, 0.15) is 24.4 Å². The molecule has 0 spiro atoms. The van der Waals surface area contributed by atoms with E-state index in [2.05, 4.69) is 15.1 Å². The van der Waals surface area contributed by atoms with Gasteiger partial charge in [0.25, 0.3) is 0 Å². The minimum Gasteiger partial charge on any atom is -0.419 e. The highest BCUT2D eigenvalue weighted by Gasteiger charge is 2.19. The summed E-state index contributed by atoms with van der Waals surface area (Å²) >= 11 is 12.0. The highest BCUT2D eigenvalue weighted by atomic mass is 35.5. The van der Waals surface area contributed by atoms with Crippen molar-refractivity contribution in [3.05, 3.63) is 70.0 Å². The van der Waals surface area contributed by atoms with E-state index in [1.807, 2.05) is 56.4 Å². The van der Waals surface area contributed by atoms with Gasteiger partial charge in [-0.15, -0.1) is 10.2 Å². The maximum atomic E-state index is 6.04. The first kappa shape index (κ1) is 17.0. The molecule has 0 aliphatic heterocycles. The Morgan fingerprint density at radius 3 is 2.46 bits per heavy atom. The van der Waals surface area contributed by atoms with Gasteiger partial charge < -0.3 is 4.42 Å². The van der Waals surface area contributed by atoms with Gasteiger partial charge in [-0.05, 0) is 49.9 Å². The van der Waals surface area contributed by atoms with Crippen molar-refractivity contribution < 1.29 is 4.42 Å². The second-order valence-electron chi connectivity index (χ2n) is 5.68. The summed E-state index contributed by atoms with van der Waals surface area (Å²) in [6.07, 6.45) is 0. The van der Waals surface area contributed by atoms with Gasteiger partial charge in [0.15, 0.2) is 0 Å². The van der Waals surface area contributed by atoms with Crippen molar-refractivity contribution in [3.8, 4) is 11.5 Å². The zero-order valence-electron chi connectivity index (χ0n) is 13.4. The fourth-order valence-corrected chi connectivity index (χ4v) is 2.79. The van der Waals surface area contributed by atoms with E-state index in [-0.39, 0.29) is 6.04 Å². The third kappa shape index (κ3) is 3.96. The highest BCUT2D eigenvalue weighted by molar-refractivity contribution is 6.31. The highest BCUT2D eigenvalue weighted by Crippen LogP contribution is 2.26. The SMILES string of the molecule is CC(c1nnc(-c2cccc(Cl)c2)o1)N(C)Cc1cccc(Cl)c1. The lowest BCUT2D eigenvalue weighted by atomic mass is 10.2. The minimum atomic E-state index is -0.0237. The van der Waals surface area contributed by atoms with Crippen LogP contribution in [0.2, 0.25) is 10.0 Å². The maximum Gasteiger partial charge on any atom is 0.247 e. The van der Waals surface area contributed by atoms with E-state index in [9.17, 15) is 0 Å². The van der Waals surface area contributed by atoms with Gasteiger partial charge in [0.2, 0.25) is 11.8 Å². The van der Waals surface area contributed by atoms with Gasteiger partial charge in [-0.25, -0.2) is 0 Å². The van der Waals surface area contributed by atoms with Gasteiger partial charge >= 0.3 is 0 Å². The van der Waals surface area contributed by atoms with Crippen molar-refractivity contribution in [2.24, 2.45) is 0 Å². The summed E-state index contributed by atoms with van der Waals surface area (Å²) in [5.41, 5.74) is 1.94. The van der Waals surface area contributed by atoms with Gasteiger partial charge in [0, 0.05) is 22.2 Å². The zero-order valence-corrected chi connectivity index (χ0v) is 14.9. The van der Waals surface area contributed by atoms with Crippen LogP contribution in [0.15, 0.2) is 52.9 Å². The van der Waals surface area contributed by atoms with Gasteiger partial charge in [0.05, 0.1) is 6.04 Å². The largest absolute Gasteiger partial charge is 0.419 e. The Morgan fingerprint density at radius 2 is 1.75 bits per heavy atom. The first-order valence-corrected chi connectivity index (χ1v) is 8.32. The standard InChI is InChI=1S/C18H17Cl2N3O/c1-12(23(2)11-13-5-3-7-15(19)9-13)17-21-22-18(24-17)14-6-4-8-16(20)10-14/h3-10,12H,11H2,1-2H3. The smallest absolute Gasteiger partial charge is 0.247 e. The Bertz CT molecular complexity index is 834. The molecule has 4 nitrogen and oxygen atoms in total. The van der Waals surface area contributed by atoms with E-state index in [0.717, 1.165) is 22.7 Å². The minimum absolute atomic E-state index is 0.0237. The number of benzene rings is 2. The molecule has 0 bridgehead atoms. The third-order valence-electron chi connectivity index (χ3n) is 3.85. The average molecular weight is 362 g/mol. The Kier molecular flexibility index (Phi) is 5.19. The van der Waals surface area contributed by atoms with Crippen molar-refractivity contribution in [1.29, 1.82) is 0 Å². The number of hydrogen-bond donors (Lipinski definition) is 0. The van der Waals surface area contributed by atoms with Crippen LogP contribution < -0.4 is 0 Å².